The van der Waals surface area contributed by atoms with Crippen LogP contribution in [0.3, 0.4) is 0 Å². The van der Waals surface area contributed by atoms with Crippen molar-refractivity contribution in [3.63, 3.8) is 0 Å². The van der Waals surface area contributed by atoms with Gasteiger partial charge in [-0.1, -0.05) is 11.6 Å². The summed E-state index contributed by atoms with van der Waals surface area (Å²) in [6, 6.07) is 2.10. The summed E-state index contributed by atoms with van der Waals surface area (Å²) >= 11 is 9.51. The van der Waals surface area contributed by atoms with Gasteiger partial charge in [0, 0.05) is 17.9 Å². The van der Waals surface area contributed by atoms with Gasteiger partial charge in [0.05, 0.1) is 9.71 Å². The first-order valence-electron chi connectivity index (χ1n) is 3.46. The van der Waals surface area contributed by atoms with Crippen LogP contribution in [0.4, 0.5) is 0 Å². The number of nitrogens with one attached hydrogen (secondary N) is 1. The Hall–Kier alpha value is 0.300. The van der Waals surface area contributed by atoms with Crippen LogP contribution in [0.2, 0.25) is 4.34 Å². The van der Waals surface area contributed by atoms with Crippen LogP contribution >= 0.6 is 34.7 Å². The topological polar surface area (TPSA) is 12.0 Å². The second-order valence-corrected chi connectivity index (χ2v) is 5.09. The Bertz CT molecular complexity index is 242. The lowest BCUT2D eigenvalue weighted by Gasteiger charge is -2.06. The van der Waals surface area contributed by atoms with Crippen LogP contribution in [0, 0.1) is 0 Å². The Morgan fingerprint density at radius 1 is 1.64 bits per heavy atom. The van der Waals surface area contributed by atoms with Gasteiger partial charge in [0.25, 0.3) is 0 Å². The van der Waals surface area contributed by atoms with Gasteiger partial charge in [0.1, 0.15) is 0 Å². The molecule has 0 radical (unpaired) electrons. The average molecular weight is 206 g/mol. The lowest BCUT2D eigenvalue weighted by Crippen LogP contribution is -2.11. The van der Waals surface area contributed by atoms with E-state index < -0.39 is 0 Å². The Kier molecular flexibility index (Phi) is 2.42. The van der Waals surface area contributed by atoms with Crippen molar-refractivity contribution in [1.82, 2.24) is 5.32 Å². The number of hydrogen-bond donors (Lipinski definition) is 1. The molecule has 1 nitrogen and oxygen atoms in total. The Labute approximate surface area is 79.1 Å². The fourth-order valence-electron chi connectivity index (χ4n) is 1.12. The van der Waals surface area contributed by atoms with E-state index in [0.717, 1.165) is 10.9 Å². The summed E-state index contributed by atoms with van der Waals surface area (Å²) in [6.45, 7) is 1.10. The summed E-state index contributed by atoms with van der Waals surface area (Å²) in [5, 5.41) is 5.86. The van der Waals surface area contributed by atoms with Gasteiger partial charge in [-0.15, -0.1) is 23.1 Å². The Balaban J connectivity index is 2.21. The zero-order valence-corrected chi connectivity index (χ0v) is 8.23. The van der Waals surface area contributed by atoms with E-state index in [1.54, 1.807) is 11.3 Å². The van der Waals surface area contributed by atoms with Gasteiger partial charge in [-0.2, -0.15) is 0 Å². The molecule has 0 bridgehead atoms. The quantitative estimate of drug-likeness (QED) is 0.757. The van der Waals surface area contributed by atoms with Crippen LogP contribution in [-0.4, -0.2) is 12.3 Å². The number of thiophene rings is 1. The first kappa shape index (κ1) is 7.92. The zero-order valence-electron chi connectivity index (χ0n) is 5.84. The molecule has 1 aliphatic heterocycles. The molecule has 1 fully saturated rings. The zero-order chi connectivity index (χ0) is 7.68. The maximum Gasteiger partial charge on any atom is 0.0984 e. The van der Waals surface area contributed by atoms with E-state index in [1.807, 2.05) is 17.1 Å². The number of thioether (sulfide) groups is 1. The Morgan fingerprint density at radius 2 is 2.55 bits per heavy atom. The van der Waals surface area contributed by atoms with Crippen molar-refractivity contribution < 1.29 is 0 Å². The van der Waals surface area contributed by atoms with Crippen molar-refractivity contribution in [2.45, 2.75) is 5.37 Å². The number of rotatable bonds is 1. The highest BCUT2D eigenvalue weighted by Crippen LogP contribution is 2.36. The second-order valence-electron chi connectivity index (χ2n) is 2.35. The first-order chi connectivity index (χ1) is 5.38. The molecule has 2 rings (SSSR count). The molecule has 0 spiro atoms. The summed E-state index contributed by atoms with van der Waals surface area (Å²) in [4.78, 5) is 0. The molecule has 1 aromatic rings. The molecule has 11 heavy (non-hydrogen) atoms. The molecule has 1 saturated heterocycles. The van der Waals surface area contributed by atoms with Gasteiger partial charge in [-0.25, -0.2) is 0 Å². The van der Waals surface area contributed by atoms with E-state index in [1.165, 1.54) is 11.3 Å². The standard InChI is InChI=1S/C7H8ClNS2/c8-6-5(1-3-10-6)7-9-2-4-11-7/h1,3,7,9H,2,4H2. The average Bonchev–Trinajstić information content (AvgIpc) is 2.55. The van der Waals surface area contributed by atoms with Crippen LogP contribution in [0.5, 0.6) is 0 Å². The van der Waals surface area contributed by atoms with Gasteiger partial charge >= 0.3 is 0 Å². The molecule has 0 amide bonds. The maximum atomic E-state index is 5.99. The van der Waals surface area contributed by atoms with Crippen molar-refractivity contribution in [2.24, 2.45) is 0 Å². The summed E-state index contributed by atoms with van der Waals surface area (Å²) in [5.41, 5.74) is 1.25. The second kappa shape index (κ2) is 3.35. The first-order valence-corrected chi connectivity index (χ1v) is 5.76. The van der Waals surface area contributed by atoms with Crippen molar-refractivity contribution >= 4 is 34.7 Å². The van der Waals surface area contributed by atoms with E-state index in [9.17, 15) is 0 Å². The normalized spacial score (nSPS) is 24.3. The van der Waals surface area contributed by atoms with E-state index in [2.05, 4.69) is 11.4 Å². The monoisotopic (exact) mass is 205 g/mol. The van der Waals surface area contributed by atoms with Gasteiger partial charge in [0.15, 0.2) is 0 Å². The van der Waals surface area contributed by atoms with Crippen molar-refractivity contribution in [2.75, 3.05) is 12.3 Å². The minimum Gasteiger partial charge on any atom is -0.301 e. The third kappa shape index (κ3) is 1.56. The van der Waals surface area contributed by atoms with Crippen LogP contribution in [-0.2, 0) is 0 Å². The highest BCUT2D eigenvalue weighted by atomic mass is 35.5. The molecule has 1 aliphatic rings. The van der Waals surface area contributed by atoms with Gasteiger partial charge in [-0.05, 0) is 11.4 Å². The van der Waals surface area contributed by atoms with Crippen molar-refractivity contribution in [3.8, 4) is 0 Å². The molecule has 1 N–H and O–H groups in total. The smallest absolute Gasteiger partial charge is 0.0984 e. The molecule has 4 heteroatoms. The van der Waals surface area contributed by atoms with Crippen LogP contribution < -0.4 is 5.32 Å². The molecule has 0 saturated carbocycles. The van der Waals surface area contributed by atoms with Crippen LogP contribution in [0.25, 0.3) is 0 Å². The summed E-state index contributed by atoms with van der Waals surface area (Å²) in [5.74, 6) is 1.19. The predicted octanol–water partition coefficient (Wildman–Crippen LogP) is 2.74. The molecule has 0 aromatic carbocycles. The molecular weight excluding hydrogens is 198 g/mol. The fourth-order valence-corrected chi connectivity index (χ4v) is 3.32. The fraction of sp³-hybridized carbons (Fsp3) is 0.429. The molecule has 2 heterocycles. The minimum atomic E-state index is 0.439. The molecular formula is C7H8ClNS2. The van der Waals surface area contributed by atoms with E-state index in [-0.39, 0.29) is 0 Å². The minimum absolute atomic E-state index is 0.439. The van der Waals surface area contributed by atoms with E-state index >= 15 is 0 Å². The number of halogens is 1. The van der Waals surface area contributed by atoms with Crippen molar-refractivity contribution in [1.29, 1.82) is 0 Å². The summed E-state index contributed by atoms with van der Waals surface area (Å²) in [6.07, 6.45) is 0. The molecule has 1 unspecified atom stereocenters. The molecule has 1 aromatic heterocycles. The molecule has 1 atom stereocenters. The highest BCUT2D eigenvalue weighted by Gasteiger charge is 2.19. The molecule has 0 aliphatic carbocycles. The number of hydrogen-bond acceptors (Lipinski definition) is 3. The lowest BCUT2D eigenvalue weighted by atomic mass is 10.3. The SMILES string of the molecule is Clc1sccc1C1NCCS1. The summed E-state index contributed by atoms with van der Waals surface area (Å²) in [7, 11) is 0. The van der Waals surface area contributed by atoms with Gasteiger partial charge < -0.3 is 5.32 Å². The van der Waals surface area contributed by atoms with Crippen molar-refractivity contribution in [3.05, 3.63) is 21.3 Å². The molecule has 60 valence electrons. The Morgan fingerprint density at radius 3 is 3.09 bits per heavy atom. The highest BCUT2D eigenvalue weighted by molar-refractivity contribution is 7.99. The van der Waals surface area contributed by atoms with Crippen LogP contribution in [0.15, 0.2) is 11.4 Å². The predicted molar refractivity (Wildman–Crippen MR) is 52.5 cm³/mol. The van der Waals surface area contributed by atoms with E-state index in [0.29, 0.717) is 5.37 Å². The largest absolute Gasteiger partial charge is 0.301 e. The van der Waals surface area contributed by atoms with Gasteiger partial charge in [-0.3, -0.25) is 0 Å². The third-order valence-corrected chi connectivity index (χ3v) is 4.04. The van der Waals surface area contributed by atoms with E-state index in [4.69, 9.17) is 11.6 Å². The third-order valence-electron chi connectivity index (χ3n) is 1.64. The maximum absolute atomic E-state index is 5.99. The van der Waals surface area contributed by atoms with Crippen LogP contribution in [0.1, 0.15) is 10.9 Å². The summed E-state index contributed by atoms with van der Waals surface area (Å²) < 4.78 is 0.928. The lowest BCUT2D eigenvalue weighted by molar-refractivity contribution is 0.753. The van der Waals surface area contributed by atoms with Gasteiger partial charge in [0.2, 0.25) is 0 Å².